The lowest BCUT2D eigenvalue weighted by atomic mass is 10.3. The van der Waals surface area contributed by atoms with Crippen LogP contribution in [0.1, 0.15) is 13.8 Å². The second-order valence-electron chi connectivity index (χ2n) is 3.82. The van der Waals surface area contributed by atoms with Crippen LogP contribution in [0.25, 0.3) is 0 Å². The highest BCUT2D eigenvalue weighted by atomic mass is 32.2. The van der Waals surface area contributed by atoms with Gasteiger partial charge in [-0.3, -0.25) is 4.79 Å². The Morgan fingerprint density at radius 2 is 2.06 bits per heavy atom. The van der Waals surface area contributed by atoms with Gasteiger partial charge >= 0.3 is 5.97 Å². The average molecular weight is 282 g/mol. The van der Waals surface area contributed by atoms with Crippen molar-refractivity contribution in [3.63, 3.8) is 0 Å². The molecular formula is C11H22N2O4S. The Kier molecular flexibility index (Phi) is 9.72. The molecule has 0 unspecified atom stereocenters. The van der Waals surface area contributed by atoms with E-state index in [1.165, 1.54) is 18.7 Å². The fourth-order valence-electron chi connectivity index (χ4n) is 1.38. The Balaban J connectivity index is 3.85. The Bertz CT molecular complexity index is 263. The van der Waals surface area contributed by atoms with E-state index in [0.717, 1.165) is 18.8 Å². The van der Waals surface area contributed by atoms with Crippen molar-refractivity contribution < 1.29 is 19.8 Å². The van der Waals surface area contributed by atoms with E-state index >= 15 is 0 Å². The van der Waals surface area contributed by atoms with Crippen LogP contribution in [0.5, 0.6) is 0 Å². The molecule has 0 fully saturated rings. The zero-order valence-electron chi connectivity index (χ0n) is 10.9. The highest BCUT2D eigenvalue weighted by Gasteiger charge is 2.17. The molecule has 0 aliphatic heterocycles. The first-order valence-electron chi connectivity index (χ1n) is 5.92. The summed E-state index contributed by atoms with van der Waals surface area (Å²) in [5.74, 6) is -0.220. The van der Waals surface area contributed by atoms with Crippen LogP contribution in [-0.2, 0) is 9.59 Å². The zero-order valence-corrected chi connectivity index (χ0v) is 11.7. The van der Waals surface area contributed by atoms with Crippen molar-refractivity contribution >= 4 is 23.6 Å². The number of carbonyl (C=O) groups excluding carboxylic acids is 1. The molecule has 0 heterocycles. The van der Waals surface area contributed by atoms with Gasteiger partial charge in [0.15, 0.2) is 0 Å². The molecule has 1 atom stereocenters. The van der Waals surface area contributed by atoms with E-state index in [2.05, 4.69) is 10.2 Å². The van der Waals surface area contributed by atoms with Crippen LogP contribution in [0.3, 0.4) is 0 Å². The van der Waals surface area contributed by atoms with Gasteiger partial charge in [-0.05, 0) is 6.54 Å². The first-order valence-corrected chi connectivity index (χ1v) is 7.07. The molecule has 0 rings (SSSR count). The lowest BCUT2D eigenvalue weighted by molar-refractivity contribution is -0.140. The number of carboxylic acids is 1. The predicted molar refractivity (Wildman–Crippen MR) is 71.8 cm³/mol. The summed E-state index contributed by atoms with van der Waals surface area (Å²) < 4.78 is 0. The van der Waals surface area contributed by atoms with Crippen LogP contribution >= 0.6 is 11.8 Å². The Morgan fingerprint density at radius 3 is 2.50 bits per heavy atom. The van der Waals surface area contributed by atoms with Crippen LogP contribution in [0, 0.1) is 0 Å². The second-order valence-corrected chi connectivity index (χ2v) is 4.97. The number of nitrogens with zero attached hydrogens (tertiary/aromatic N) is 1. The minimum absolute atomic E-state index is 0.127. The summed E-state index contributed by atoms with van der Waals surface area (Å²) in [7, 11) is 0. The largest absolute Gasteiger partial charge is 0.480 e. The van der Waals surface area contributed by atoms with E-state index in [1.54, 1.807) is 0 Å². The van der Waals surface area contributed by atoms with Crippen molar-refractivity contribution in [3.8, 4) is 0 Å². The molecule has 0 saturated carbocycles. The Morgan fingerprint density at radius 1 is 1.39 bits per heavy atom. The van der Waals surface area contributed by atoms with Crippen molar-refractivity contribution in [2.45, 2.75) is 19.9 Å². The summed E-state index contributed by atoms with van der Waals surface area (Å²) in [5.41, 5.74) is 0. The standard InChI is InChI=1S/C11H22N2O4S/c1-3-13(4-6-14)5-7-18-8-10(11(16)17)12-9(2)15/h10,14H,3-8H2,1-2H3,(H,12,15)(H,16,17)/t10-/m0/s1/i4+1,5+1,6+1,7+1. The quantitative estimate of drug-likeness (QED) is 0.374. The maximum atomic E-state index is 10.9. The van der Waals surface area contributed by atoms with Crippen molar-refractivity contribution in [2.75, 3.05) is 37.7 Å². The number of hydrogen-bond acceptors (Lipinski definition) is 5. The van der Waals surface area contributed by atoms with Crippen LogP contribution in [0.4, 0.5) is 0 Å². The van der Waals surface area contributed by atoms with Crippen LogP contribution in [-0.4, -0.2) is 70.8 Å². The molecule has 18 heavy (non-hydrogen) atoms. The fraction of sp³-hybridized carbons (Fsp3) is 0.818. The molecule has 0 bridgehead atoms. The number of aliphatic carboxylic acids is 1. The number of aliphatic hydroxyl groups is 1. The van der Waals surface area contributed by atoms with Crippen molar-refractivity contribution in [2.24, 2.45) is 0 Å². The Labute approximate surface area is 112 Å². The van der Waals surface area contributed by atoms with Gasteiger partial charge in [-0.1, -0.05) is 6.92 Å². The average Bonchev–Trinajstić information content (AvgIpc) is 2.30. The molecule has 3 N–H and O–H groups in total. The van der Waals surface area contributed by atoms with Crippen LogP contribution < -0.4 is 5.32 Å². The molecule has 0 aliphatic rings. The predicted octanol–water partition coefficient (Wildman–Crippen LogP) is -0.377. The topological polar surface area (TPSA) is 89.9 Å². The molecule has 7 heteroatoms. The van der Waals surface area contributed by atoms with Gasteiger partial charge in [0.2, 0.25) is 5.91 Å². The third-order valence-electron chi connectivity index (χ3n) is 2.38. The van der Waals surface area contributed by atoms with Gasteiger partial charge in [-0.15, -0.1) is 0 Å². The molecule has 0 spiro atoms. The maximum absolute atomic E-state index is 10.9. The number of amides is 1. The fourth-order valence-corrected chi connectivity index (χ4v) is 2.40. The van der Waals surface area contributed by atoms with Crippen molar-refractivity contribution in [1.82, 2.24) is 10.2 Å². The number of thioether (sulfide) groups is 1. The van der Waals surface area contributed by atoms with Crippen molar-refractivity contribution in [1.29, 1.82) is 0 Å². The maximum Gasteiger partial charge on any atom is 0.327 e. The van der Waals surface area contributed by atoms with E-state index in [9.17, 15) is 9.59 Å². The van der Waals surface area contributed by atoms with Gasteiger partial charge in [0.1, 0.15) is 6.04 Å². The van der Waals surface area contributed by atoms with E-state index in [1.807, 2.05) is 6.92 Å². The lowest BCUT2D eigenvalue weighted by Gasteiger charge is -2.19. The van der Waals surface area contributed by atoms with Gasteiger partial charge in [0, 0.05) is 31.5 Å². The third kappa shape index (κ3) is 8.32. The molecule has 0 aromatic carbocycles. The van der Waals surface area contributed by atoms with Gasteiger partial charge in [0.05, 0.1) is 6.61 Å². The minimum atomic E-state index is -1.01. The normalized spacial score (nSPS) is 12.4. The molecule has 1 amide bonds. The third-order valence-corrected chi connectivity index (χ3v) is 3.42. The Hall–Kier alpha value is -0.790. The smallest absolute Gasteiger partial charge is 0.327 e. The summed E-state index contributed by atoms with van der Waals surface area (Å²) >= 11 is 1.48. The second kappa shape index (κ2) is 10.2. The highest BCUT2D eigenvalue weighted by Crippen LogP contribution is 2.04. The molecule has 106 valence electrons. The molecule has 0 radical (unpaired) electrons. The number of carbonyl (C=O) groups is 2. The summed E-state index contributed by atoms with van der Waals surface area (Å²) in [6, 6.07) is -0.833. The highest BCUT2D eigenvalue weighted by molar-refractivity contribution is 7.99. The SMILES string of the molecule is CCN([13CH2][13CH2]O)[13CH2][13CH2]SC[C@H](NC(C)=O)C(=O)O. The summed E-state index contributed by atoms with van der Waals surface area (Å²) in [5, 5.41) is 20.1. The summed E-state index contributed by atoms with van der Waals surface area (Å²) in [4.78, 5) is 23.7. The summed E-state index contributed by atoms with van der Waals surface area (Å²) in [6.45, 7) is 5.73. The van der Waals surface area contributed by atoms with E-state index < -0.39 is 12.0 Å². The molecule has 0 aliphatic carbocycles. The minimum Gasteiger partial charge on any atom is -0.480 e. The van der Waals surface area contributed by atoms with Gasteiger partial charge < -0.3 is 20.4 Å². The van der Waals surface area contributed by atoms with E-state index in [-0.39, 0.29) is 12.5 Å². The molecular weight excluding hydrogens is 260 g/mol. The monoisotopic (exact) mass is 282 g/mol. The number of nitrogens with one attached hydrogen (secondary N) is 1. The van der Waals surface area contributed by atoms with Crippen LogP contribution in [0.2, 0.25) is 0 Å². The van der Waals surface area contributed by atoms with E-state index in [4.69, 9.17) is 10.2 Å². The van der Waals surface area contributed by atoms with Gasteiger partial charge in [-0.25, -0.2) is 4.79 Å². The summed E-state index contributed by atoms with van der Waals surface area (Å²) in [6.07, 6.45) is 0. The van der Waals surface area contributed by atoms with E-state index in [0.29, 0.717) is 12.3 Å². The van der Waals surface area contributed by atoms with Gasteiger partial charge in [0.25, 0.3) is 0 Å². The zero-order chi connectivity index (χ0) is 14.0. The van der Waals surface area contributed by atoms with Gasteiger partial charge in [-0.2, -0.15) is 11.8 Å². The van der Waals surface area contributed by atoms with Crippen molar-refractivity contribution in [3.05, 3.63) is 0 Å². The van der Waals surface area contributed by atoms with Crippen LogP contribution in [0.15, 0.2) is 0 Å². The number of rotatable bonds is 10. The molecule has 6 nitrogen and oxygen atoms in total. The number of aliphatic hydroxyl groups excluding tert-OH is 1. The lowest BCUT2D eigenvalue weighted by Crippen LogP contribution is -2.41. The first-order chi connectivity index (χ1) is 8.51. The number of carboxylic acid groups (broad SMARTS) is 1. The number of likely N-dealkylation sites (N-methyl/N-ethyl adjacent to an activating group) is 1. The molecule has 0 aromatic rings. The molecule has 0 aromatic heterocycles. The molecule has 0 saturated heterocycles. The number of hydrogen-bond donors (Lipinski definition) is 3. The first kappa shape index (κ1) is 17.2.